The lowest BCUT2D eigenvalue weighted by Gasteiger charge is -2.02. The van der Waals surface area contributed by atoms with Gasteiger partial charge in [-0.2, -0.15) is 0 Å². The second-order valence-corrected chi connectivity index (χ2v) is 2.84. The summed E-state index contributed by atoms with van der Waals surface area (Å²) in [6.45, 7) is 3.73. The molecule has 78 valence electrons. The Morgan fingerprint density at radius 2 is 2.21 bits per heavy atom. The summed E-state index contributed by atoms with van der Waals surface area (Å²) in [5, 5.41) is 3.18. The van der Waals surface area contributed by atoms with Crippen LogP contribution in [0.15, 0.2) is 24.3 Å². The van der Waals surface area contributed by atoms with Gasteiger partial charge in [-0.1, -0.05) is 19.1 Å². The van der Waals surface area contributed by atoms with E-state index < -0.39 is 0 Å². The number of rotatable bonds is 4. The van der Waals surface area contributed by atoms with Crippen molar-refractivity contribution in [3.63, 3.8) is 0 Å². The fourth-order valence-corrected chi connectivity index (χ4v) is 1.10. The summed E-state index contributed by atoms with van der Waals surface area (Å²) in [5.74, 6) is -0.377. The molecule has 1 aromatic rings. The van der Waals surface area contributed by atoms with Crippen LogP contribution in [-0.4, -0.2) is 12.5 Å². The quantitative estimate of drug-likeness (QED) is 0.794. The number of halogens is 1. The van der Waals surface area contributed by atoms with Gasteiger partial charge >= 0.3 is 0 Å². The van der Waals surface area contributed by atoms with Crippen LogP contribution in [0, 0.1) is 0 Å². The van der Waals surface area contributed by atoms with Crippen molar-refractivity contribution in [2.24, 2.45) is 5.73 Å². The van der Waals surface area contributed by atoms with Crippen molar-refractivity contribution >= 4 is 18.3 Å². The molecule has 0 radical (unpaired) electrons. The molecule has 1 aromatic carbocycles. The van der Waals surface area contributed by atoms with Crippen LogP contribution in [-0.2, 0) is 6.54 Å². The van der Waals surface area contributed by atoms with E-state index in [2.05, 4.69) is 5.32 Å². The van der Waals surface area contributed by atoms with E-state index in [1.807, 2.05) is 25.1 Å². The van der Waals surface area contributed by atoms with Gasteiger partial charge in [-0.25, -0.2) is 0 Å². The second kappa shape index (κ2) is 6.40. The lowest BCUT2D eigenvalue weighted by molar-refractivity contribution is 0.1000. The Balaban J connectivity index is 0.00000169. The van der Waals surface area contributed by atoms with Crippen molar-refractivity contribution in [1.82, 2.24) is 5.32 Å². The summed E-state index contributed by atoms with van der Waals surface area (Å²) in [4.78, 5) is 10.8. The predicted molar refractivity (Wildman–Crippen MR) is 59.6 cm³/mol. The molecule has 0 saturated carbocycles. The van der Waals surface area contributed by atoms with Gasteiger partial charge in [0.1, 0.15) is 0 Å². The monoisotopic (exact) mass is 214 g/mol. The number of nitrogens with two attached hydrogens (primary N) is 1. The molecule has 0 heterocycles. The van der Waals surface area contributed by atoms with E-state index in [1.165, 1.54) is 0 Å². The van der Waals surface area contributed by atoms with E-state index in [4.69, 9.17) is 5.73 Å². The SMILES string of the molecule is CCNCc1cccc(C(N)=O)c1.Cl. The average Bonchev–Trinajstić information content (AvgIpc) is 2.15. The van der Waals surface area contributed by atoms with Crippen LogP contribution >= 0.6 is 12.4 Å². The third kappa shape index (κ3) is 3.77. The number of nitrogens with one attached hydrogen (secondary N) is 1. The molecule has 0 saturated heterocycles. The average molecular weight is 215 g/mol. The third-order valence-electron chi connectivity index (χ3n) is 1.79. The van der Waals surface area contributed by atoms with E-state index in [9.17, 15) is 4.79 Å². The van der Waals surface area contributed by atoms with Crippen molar-refractivity contribution in [3.05, 3.63) is 35.4 Å². The zero-order chi connectivity index (χ0) is 9.68. The molecule has 0 unspecified atom stereocenters. The minimum atomic E-state index is -0.377. The van der Waals surface area contributed by atoms with Crippen LogP contribution < -0.4 is 11.1 Å². The maximum absolute atomic E-state index is 10.8. The molecule has 4 heteroatoms. The van der Waals surface area contributed by atoms with Crippen LogP contribution in [0.3, 0.4) is 0 Å². The van der Waals surface area contributed by atoms with Crippen molar-refractivity contribution < 1.29 is 4.79 Å². The number of primary amides is 1. The molecule has 0 fully saturated rings. The standard InChI is InChI=1S/C10H14N2O.ClH/c1-2-12-7-8-4-3-5-9(6-8)10(11)13;/h3-6,12H,2,7H2,1H3,(H2,11,13);1H. The fourth-order valence-electron chi connectivity index (χ4n) is 1.10. The van der Waals surface area contributed by atoms with E-state index in [0.717, 1.165) is 18.7 Å². The lowest BCUT2D eigenvalue weighted by atomic mass is 10.1. The molecule has 0 bridgehead atoms. The molecule has 0 spiro atoms. The van der Waals surface area contributed by atoms with Gasteiger partial charge < -0.3 is 11.1 Å². The molecule has 0 aromatic heterocycles. The van der Waals surface area contributed by atoms with Gasteiger partial charge in [0.05, 0.1) is 0 Å². The first-order valence-electron chi connectivity index (χ1n) is 4.33. The molecule has 3 nitrogen and oxygen atoms in total. The van der Waals surface area contributed by atoms with E-state index in [-0.39, 0.29) is 18.3 Å². The molecule has 0 atom stereocenters. The van der Waals surface area contributed by atoms with Crippen molar-refractivity contribution in [2.45, 2.75) is 13.5 Å². The highest BCUT2D eigenvalue weighted by atomic mass is 35.5. The zero-order valence-electron chi connectivity index (χ0n) is 8.12. The zero-order valence-corrected chi connectivity index (χ0v) is 8.93. The lowest BCUT2D eigenvalue weighted by Crippen LogP contribution is -2.14. The first-order valence-corrected chi connectivity index (χ1v) is 4.33. The number of amides is 1. The number of hydrogen-bond acceptors (Lipinski definition) is 2. The normalized spacial score (nSPS) is 9.21. The molecule has 3 N–H and O–H groups in total. The van der Waals surface area contributed by atoms with E-state index >= 15 is 0 Å². The number of benzene rings is 1. The summed E-state index contributed by atoms with van der Waals surface area (Å²) >= 11 is 0. The highest BCUT2D eigenvalue weighted by Gasteiger charge is 1.99. The highest BCUT2D eigenvalue weighted by Crippen LogP contribution is 2.03. The minimum Gasteiger partial charge on any atom is -0.366 e. The van der Waals surface area contributed by atoms with Gasteiger partial charge in [-0.05, 0) is 24.2 Å². The molecule has 14 heavy (non-hydrogen) atoms. The summed E-state index contributed by atoms with van der Waals surface area (Å²) in [5.41, 5.74) is 6.80. The molecule has 0 aliphatic carbocycles. The Morgan fingerprint density at radius 3 is 2.79 bits per heavy atom. The first kappa shape index (κ1) is 12.9. The minimum absolute atomic E-state index is 0. The van der Waals surface area contributed by atoms with Gasteiger partial charge in [0.15, 0.2) is 0 Å². The van der Waals surface area contributed by atoms with E-state index in [1.54, 1.807) is 6.07 Å². The largest absolute Gasteiger partial charge is 0.366 e. The van der Waals surface area contributed by atoms with E-state index in [0.29, 0.717) is 5.56 Å². The molecule has 1 rings (SSSR count). The van der Waals surface area contributed by atoms with Crippen molar-refractivity contribution in [3.8, 4) is 0 Å². The van der Waals surface area contributed by atoms with Gasteiger partial charge in [0.25, 0.3) is 0 Å². The molecule has 0 aliphatic heterocycles. The van der Waals surface area contributed by atoms with Gasteiger partial charge in [-0.3, -0.25) is 4.79 Å². The fraction of sp³-hybridized carbons (Fsp3) is 0.300. The van der Waals surface area contributed by atoms with Crippen LogP contribution in [0.1, 0.15) is 22.8 Å². The summed E-state index contributed by atoms with van der Waals surface area (Å²) in [6, 6.07) is 7.34. The highest BCUT2D eigenvalue weighted by molar-refractivity contribution is 5.92. The Labute approximate surface area is 90.1 Å². The number of hydrogen-bond donors (Lipinski definition) is 2. The van der Waals surface area contributed by atoms with Crippen LogP contribution in [0.4, 0.5) is 0 Å². The van der Waals surface area contributed by atoms with Gasteiger partial charge in [-0.15, -0.1) is 12.4 Å². The summed E-state index contributed by atoms with van der Waals surface area (Å²) < 4.78 is 0. The Bertz CT molecular complexity index is 302. The second-order valence-electron chi connectivity index (χ2n) is 2.84. The third-order valence-corrected chi connectivity index (χ3v) is 1.79. The number of carbonyl (C=O) groups is 1. The molecule has 1 amide bonds. The van der Waals surface area contributed by atoms with Crippen LogP contribution in [0.5, 0.6) is 0 Å². The molecular formula is C10H15ClN2O. The summed E-state index contributed by atoms with van der Waals surface area (Å²) in [7, 11) is 0. The topological polar surface area (TPSA) is 55.1 Å². The first-order chi connectivity index (χ1) is 6.24. The van der Waals surface area contributed by atoms with Gasteiger partial charge in [0, 0.05) is 12.1 Å². The Kier molecular flexibility index (Phi) is 5.92. The van der Waals surface area contributed by atoms with Crippen molar-refractivity contribution in [2.75, 3.05) is 6.54 Å². The Hall–Kier alpha value is -1.06. The summed E-state index contributed by atoms with van der Waals surface area (Å²) in [6.07, 6.45) is 0. The molecular weight excluding hydrogens is 200 g/mol. The van der Waals surface area contributed by atoms with Crippen LogP contribution in [0.2, 0.25) is 0 Å². The van der Waals surface area contributed by atoms with Crippen LogP contribution in [0.25, 0.3) is 0 Å². The maximum atomic E-state index is 10.8. The van der Waals surface area contributed by atoms with Gasteiger partial charge in [0.2, 0.25) is 5.91 Å². The predicted octanol–water partition coefficient (Wildman–Crippen LogP) is 1.32. The maximum Gasteiger partial charge on any atom is 0.248 e. The Morgan fingerprint density at radius 1 is 1.50 bits per heavy atom. The smallest absolute Gasteiger partial charge is 0.248 e. The number of carbonyl (C=O) groups excluding carboxylic acids is 1. The van der Waals surface area contributed by atoms with Crippen molar-refractivity contribution in [1.29, 1.82) is 0 Å². The molecule has 0 aliphatic rings.